The van der Waals surface area contributed by atoms with E-state index in [1.165, 1.54) is 49.7 Å². The Balaban J connectivity index is 0.000000681. The SMILES string of the molecule is C#C.C#C.C=C(C)C.CC(C)=N.CC12CCCC1C1CCC3=CC(=O)C=CC3(C)C1CC2. The Labute approximate surface area is 198 Å². The van der Waals surface area contributed by atoms with Crippen LogP contribution < -0.4 is 0 Å². The molecule has 5 unspecified atom stereocenters. The van der Waals surface area contributed by atoms with Crippen LogP contribution >= 0.6 is 0 Å². The maximum atomic E-state index is 11.7. The number of hydrogen-bond donors (Lipinski definition) is 1. The third kappa shape index (κ3) is 7.38. The van der Waals surface area contributed by atoms with Crippen molar-refractivity contribution in [2.45, 2.75) is 86.5 Å². The Kier molecular flexibility index (Phi) is 12.3. The van der Waals surface area contributed by atoms with E-state index in [-0.39, 0.29) is 11.2 Å². The van der Waals surface area contributed by atoms with Crippen molar-refractivity contribution in [3.8, 4) is 25.7 Å². The van der Waals surface area contributed by atoms with Crippen LogP contribution in [0.2, 0.25) is 0 Å². The molecular weight excluding hydrogens is 390 g/mol. The maximum absolute atomic E-state index is 11.7. The molecule has 0 bridgehead atoms. The number of carbonyl (C=O) groups excluding carboxylic acids is 1. The van der Waals surface area contributed by atoms with Crippen molar-refractivity contribution in [3.63, 3.8) is 0 Å². The molecule has 4 aliphatic rings. The summed E-state index contributed by atoms with van der Waals surface area (Å²) in [6, 6.07) is 0. The second-order valence-corrected chi connectivity index (χ2v) is 10.4. The van der Waals surface area contributed by atoms with Crippen LogP contribution in [0.15, 0.2) is 36.0 Å². The standard InChI is InChI=1S/C19H26O.C4H8.C3H7N.2C2H2/c1-18-9-3-4-16(18)15-6-5-13-12-14(20)7-11-19(13,2)17(15)8-10-18;1-4(2)3;1-3(2)4;2*1-2/h7,11-12,15-17H,3-6,8-10H2,1-2H3;1H2,2-3H3;4H,1-2H3;2*1-2H. The third-order valence-corrected chi connectivity index (χ3v) is 7.34. The molecule has 0 heterocycles. The molecule has 0 radical (unpaired) electrons. The summed E-state index contributed by atoms with van der Waals surface area (Å²) in [5.41, 5.74) is 4.07. The summed E-state index contributed by atoms with van der Waals surface area (Å²) in [6.45, 7) is 15.9. The van der Waals surface area contributed by atoms with Gasteiger partial charge < -0.3 is 5.41 Å². The first kappa shape index (κ1) is 29.7. The zero-order valence-corrected chi connectivity index (χ0v) is 21.3. The first-order valence-electron chi connectivity index (χ1n) is 11.7. The van der Waals surface area contributed by atoms with E-state index in [1.807, 2.05) is 26.0 Å². The number of nitrogens with one attached hydrogen (secondary N) is 1. The molecule has 32 heavy (non-hydrogen) atoms. The highest BCUT2D eigenvalue weighted by molar-refractivity contribution is 6.01. The summed E-state index contributed by atoms with van der Waals surface area (Å²) < 4.78 is 0. The first-order chi connectivity index (χ1) is 15.0. The number of rotatable bonds is 0. The zero-order valence-electron chi connectivity index (χ0n) is 21.3. The Hall–Kier alpha value is -2.32. The van der Waals surface area contributed by atoms with E-state index in [1.54, 1.807) is 13.8 Å². The number of fused-ring (bicyclic) bond motifs is 5. The van der Waals surface area contributed by atoms with E-state index in [0.717, 1.165) is 24.2 Å². The van der Waals surface area contributed by atoms with Crippen molar-refractivity contribution in [2.24, 2.45) is 28.6 Å². The molecule has 0 aromatic rings. The normalized spacial score (nSPS) is 33.1. The van der Waals surface area contributed by atoms with Gasteiger partial charge in [-0.05, 0) is 102 Å². The average molecular weight is 436 g/mol. The number of carbonyl (C=O) groups is 1. The van der Waals surface area contributed by atoms with Crippen molar-refractivity contribution in [3.05, 3.63) is 36.0 Å². The predicted octanol–water partition coefficient (Wildman–Crippen LogP) is 7.81. The lowest BCUT2D eigenvalue weighted by atomic mass is 9.48. The van der Waals surface area contributed by atoms with Crippen LogP contribution in [0.4, 0.5) is 0 Å². The van der Waals surface area contributed by atoms with E-state index in [2.05, 4.69) is 52.2 Å². The molecule has 0 amide bonds. The Morgan fingerprint density at radius 2 is 1.53 bits per heavy atom. The summed E-state index contributed by atoms with van der Waals surface area (Å²) in [5, 5.41) is 6.50. The fourth-order valence-corrected chi connectivity index (χ4v) is 6.19. The van der Waals surface area contributed by atoms with Gasteiger partial charge in [0.2, 0.25) is 0 Å². The van der Waals surface area contributed by atoms with Crippen LogP contribution in [0.3, 0.4) is 0 Å². The van der Waals surface area contributed by atoms with Gasteiger partial charge in [0.15, 0.2) is 5.78 Å². The van der Waals surface area contributed by atoms with E-state index in [4.69, 9.17) is 5.41 Å². The Morgan fingerprint density at radius 3 is 2.06 bits per heavy atom. The highest BCUT2D eigenvalue weighted by Crippen LogP contribution is 2.64. The van der Waals surface area contributed by atoms with Crippen molar-refractivity contribution >= 4 is 11.5 Å². The molecule has 1 N–H and O–H groups in total. The van der Waals surface area contributed by atoms with Crippen LogP contribution in [0.1, 0.15) is 86.5 Å². The van der Waals surface area contributed by atoms with E-state index < -0.39 is 0 Å². The first-order valence-corrected chi connectivity index (χ1v) is 11.7. The molecule has 2 heteroatoms. The fourth-order valence-electron chi connectivity index (χ4n) is 6.19. The molecule has 0 saturated heterocycles. The zero-order chi connectivity index (χ0) is 25.1. The van der Waals surface area contributed by atoms with Crippen LogP contribution in [-0.2, 0) is 4.79 Å². The number of terminal acetylenes is 2. The lowest BCUT2D eigenvalue weighted by molar-refractivity contribution is -0.111. The van der Waals surface area contributed by atoms with Gasteiger partial charge >= 0.3 is 0 Å². The van der Waals surface area contributed by atoms with Crippen molar-refractivity contribution < 1.29 is 4.79 Å². The Morgan fingerprint density at radius 1 is 1.00 bits per heavy atom. The van der Waals surface area contributed by atoms with Crippen LogP contribution in [-0.4, -0.2) is 11.5 Å². The highest BCUT2D eigenvalue weighted by Gasteiger charge is 2.55. The second-order valence-electron chi connectivity index (χ2n) is 10.4. The molecule has 0 aromatic heterocycles. The predicted molar refractivity (Wildman–Crippen MR) is 141 cm³/mol. The summed E-state index contributed by atoms with van der Waals surface area (Å²) in [5.74, 6) is 2.84. The van der Waals surface area contributed by atoms with Crippen LogP contribution in [0.5, 0.6) is 0 Å². The van der Waals surface area contributed by atoms with Gasteiger partial charge in [0.05, 0.1) is 0 Å². The lowest BCUT2D eigenvalue weighted by Crippen LogP contribution is -2.48. The van der Waals surface area contributed by atoms with Crippen molar-refractivity contribution in [1.29, 1.82) is 5.41 Å². The quantitative estimate of drug-likeness (QED) is 0.235. The van der Waals surface area contributed by atoms with E-state index in [0.29, 0.717) is 11.1 Å². The molecule has 0 spiro atoms. The monoisotopic (exact) mass is 435 g/mol. The molecular formula is C30H45NO. The number of ketones is 1. The molecule has 4 aliphatic carbocycles. The molecule has 0 aromatic carbocycles. The van der Waals surface area contributed by atoms with E-state index in [9.17, 15) is 4.79 Å². The lowest BCUT2D eigenvalue weighted by Gasteiger charge is -2.56. The maximum Gasteiger partial charge on any atom is 0.178 e. The van der Waals surface area contributed by atoms with Crippen molar-refractivity contribution in [1.82, 2.24) is 0 Å². The van der Waals surface area contributed by atoms with Gasteiger partial charge in [0.1, 0.15) is 0 Å². The fraction of sp³-hybridized carbons (Fsp3) is 0.600. The van der Waals surface area contributed by atoms with Gasteiger partial charge in [-0.2, -0.15) is 0 Å². The highest BCUT2D eigenvalue weighted by atomic mass is 16.1. The molecule has 176 valence electrons. The van der Waals surface area contributed by atoms with Gasteiger partial charge in [-0.3, -0.25) is 4.79 Å². The number of allylic oxidation sites excluding steroid dienone is 5. The molecule has 2 nitrogen and oxygen atoms in total. The minimum atomic E-state index is 0.181. The summed E-state index contributed by atoms with van der Waals surface area (Å²) in [7, 11) is 0. The van der Waals surface area contributed by atoms with Gasteiger partial charge in [-0.1, -0.05) is 37.5 Å². The Bertz CT molecular complexity index is 738. The largest absolute Gasteiger partial charge is 0.310 e. The molecule has 3 saturated carbocycles. The van der Waals surface area contributed by atoms with Crippen LogP contribution in [0, 0.1) is 59.7 Å². The summed E-state index contributed by atoms with van der Waals surface area (Å²) in [6.07, 6.45) is 31.6. The molecule has 4 rings (SSSR count). The average Bonchev–Trinajstić information content (AvgIpc) is 3.13. The van der Waals surface area contributed by atoms with Crippen LogP contribution in [0.25, 0.3) is 0 Å². The molecule has 0 aliphatic heterocycles. The van der Waals surface area contributed by atoms with Gasteiger partial charge in [-0.15, -0.1) is 32.3 Å². The minimum absolute atomic E-state index is 0.181. The third-order valence-electron chi connectivity index (χ3n) is 7.34. The van der Waals surface area contributed by atoms with Gasteiger partial charge in [-0.25, -0.2) is 0 Å². The minimum Gasteiger partial charge on any atom is -0.310 e. The smallest absolute Gasteiger partial charge is 0.178 e. The molecule has 5 atom stereocenters. The summed E-state index contributed by atoms with van der Waals surface area (Å²) >= 11 is 0. The topological polar surface area (TPSA) is 40.9 Å². The second kappa shape index (κ2) is 13.3. The summed E-state index contributed by atoms with van der Waals surface area (Å²) in [4.78, 5) is 11.7. The van der Waals surface area contributed by atoms with E-state index >= 15 is 0 Å². The number of hydrogen-bond acceptors (Lipinski definition) is 2. The van der Waals surface area contributed by atoms with Crippen molar-refractivity contribution in [2.75, 3.05) is 0 Å². The van der Waals surface area contributed by atoms with Gasteiger partial charge in [0.25, 0.3) is 0 Å². The molecule has 3 fully saturated rings. The van der Waals surface area contributed by atoms with Gasteiger partial charge in [0, 0.05) is 11.1 Å².